The Morgan fingerprint density at radius 2 is 2.22 bits per heavy atom. The van der Waals surface area contributed by atoms with Gasteiger partial charge in [-0.1, -0.05) is 5.16 Å². The van der Waals surface area contributed by atoms with Gasteiger partial charge >= 0.3 is 6.18 Å². The van der Waals surface area contributed by atoms with Gasteiger partial charge in [0.25, 0.3) is 0 Å². The second-order valence-electron chi connectivity index (χ2n) is 4.39. The van der Waals surface area contributed by atoms with Crippen LogP contribution in [0.3, 0.4) is 0 Å². The van der Waals surface area contributed by atoms with Crippen LogP contribution in [0.4, 0.5) is 13.2 Å². The van der Waals surface area contributed by atoms with Crippen molar-refractivity contribution in [3.8, 4) is 0 Å². The van der Waals surface area contributed by atoms with E-state index in [1.54, 1.807) is 11.8 Å². The van der Waals surface area contributed by atoms with Gasteiger partial charge in [0.1, 0.15) is 5.92 Å². The molecule has 8 heteroatoms. The summed E-state index contributed by atoms with van der Waals surface area (Å²) < 4.78 is 38.0. The molecular weight excluding hydrogens is 267 g/mol. The van der Waals surface area contributed by atoms with Gasteiger partial charge in [-0.15, -0.1) is 0 Å². The van der Waals surface area contributed by atoms with Gasteiger partial charge in [-0.25, -0.2) is 0 Å². The van der Waals surface area contributed by atoms with Gasteiger partial charge < -0.3 is 16.3 Å². The summed E-state index contributed by atoms with van der Waals surface area (Å²) in [4.78, 5) is 0. The lowest BCUT2D eigenvalue weighted by atomic mass is 10.1. The first-order valence-corrected chi connectivity index (χ1v) is 6.97. The Labute approximate surface area is 108 Å². The highest BCUT2D eigenvalue weighted by Crippen LogP contribution is 2.30. The first-order valence-electron chi connectivity index (χ1n) is 5.68. The summed E-state index contributed by atoms with van der Waals surface area (Å²) in [6.45, 7) is -0.342. The Bertz CT molecular complexity index is 299. The lowest BCUT2D eigenvalue weighted by Crippen LogP contribution is -2.45. The van der Waals surface area contributed by atoms with E-state index < -0.39 is 17.9 Å². The molecule has 0 saturated heterocycles. The number of rotatable bonds is 5. The summed E-state index contributed by atoms with van der Waals surface area (Å²) in [5.41, 5.74) is 5.08. The van der Waals surface area contributed by atoms with Crippen LogP contribution in [0.15, 0.2) is 5.16 Å². The average Bonchev–Trinajstić information content (AvgIpc) is 2.75. The summed E-state index contributed by atoms with van der Waals surface area (Å²) in [7, 11) is 0. The maximum absolute atomic E-state index is 12.7. The Morgan fingerprint density at radius 3 is 2.67 bits per heavy atom. The highest BCUT2D eigenvalue weighted by Gasteiger charge is 2.43. The van der Waals surface area contributed by atoms with E-state index >= 15 is 0 Å². The molecule has 4 nitrogen and oxygen atoms in total. The number of nitrogens with one attached hydrogen (secondary N) is 1. The Kier molecular flexibility index (Phi) is 5.58. The van der Waals surface area contributed by atoms with Gasteiger partial charge in [0, 0.05) is 17.8 Å². The number of thioether (sulfide) groups is 1. The molecule has 106 valence electrons. The van der Waals surface area contributed by atoms with Crippen LogP contribution in [-0.4, -0.2) is 41.3 Å². The van der Waals surface area contributed by atoms with Crippen molar-refractivity contribution in [3.05, 3.63) is 0 Å². The van der Waals surface area contributed by atoms with E-state index in [1.165, 1.54) is 0 Å². The molecule has 1 fully saturated rings. The molecule has 0 aromatic heterocycles. The molecule has 1 saturated carbocycles. The standard InChI is InChI=1S/C10H18F3N3OS/c1-18-7-3-2-6(4-7)15-5-8(9(14)16-17)10(11,12)13/h6-8,15,17H,2-5H2,1H3,(H2,14,16). The van der Waals surface area contributed by atoms with Crippen molar-refractivity contribution < 1.29 is 18.4 Å². The zero-order valence-electron chi connectivity index (χ0n) is 10.1. The first-order chi connectivity index (χ1) is 8.38. The minimum absolute atomic E-state index is 0.0822. The summed E-state index contributed by atoms with van der Waals surface area (Å²) in [6.07, 6.45) is 0.246. The van der Waals surface area contributed by atoms with Crippen molar-refractivity contribution in [2.45, 2.75) is 36.7 Å². The molecular formula is C10H18F3N3OS. The van der Waals surface area contributed by atoms with Crippen molar-refractivity contribution in [1.82, 2.24) is 5.32 Å². The third kappa shape index (κ3) is 4.24. The molecule has 0 amide bonds. The summed E-state index contributed by atoms with van der Waals surface area (Å²) >= 11 is 1.74. The van der Waals surface area contributed by atoms with E-state index in [0.29, 0.717) is 5.25 Å². The van der Waals surface area contributed by atoms with Gasteiger partial charge in [0.15, 0.2) is 5.84 Å². The third-order valence-corrected chi connectivity index (χ3v) is 4.29. The number of halogens is 3. The minimum Gasteiger partial charge on any atom is -0.409 e. The largest absolute Gasteiger partial charge is 0.409 e. The van der Waals surface area contributed by atoms with E-state index in [2.05, 4.69) is 10.5 Å². The van der Waals surface area contributed by atoms with Gasteiger partial charge in [0.2, 0.25) is 0 Å². The molecule has 3 unspecified atom stereocenters. The summed E-state index contributed by atoms with van der Waals surface area (Å²) in [5, 5.41) is 14.2. The first kappa shape index (κ1) is 15.4. The number of alkyl halides is 3. The van der Waals surface area contributed by atoms with Crippen molar-refractivity contribution in [1.29, 1.82) is 0 Å². The van der Waals surface area contributed by atoms with Gasteiger partial charge in [-0.3, -0.25) is 0 Å². The van der Waals surface area contributed by atoms with E-state index in [0.717, 1.165) is 19.3 Å². The van der Waals surface area contributed by atoms with Crippen molar-refractivity contribution >= 4 is 17.6 Å². The lowest BCUT2D eigenvalue weighted by molar-refractivity contribution is -0.155. The molecule has 4 N–H and O–H groups in total. The van der Waals surface area contributed by atoms with E-state index in [9.17, 15) is 13.2 Å². The van der Waals surface area contributed by atoms with Crippen LogP contribution >= 0.6 is 11.8 Å². The number of nitrogens with zero attached hydrogens (tertiary/aromatic N) is 1. The lowest BCUT2D eigenvalue weighted by Gasteiger charge is -2.21. The number of nitrogens with two attached hydrogens (primary N) is 1. The molecule has 0 aliphatic heterocycles. The van der Waals surface area contributed by atoms with Crippen molar-refractivity contribution in [2.75, 3.05) is 12.8 Å². The predicted octanol–water partition coefficient (Wildman–Crippen LogP) is 1.78. The van der Waals surface area contributed by atoms with Crippen LogP contribution in [0, 0.1) is 5.92 Å². The average molecular weight is 285 g/mol. The third-order valence-electron chi connectivity index (χ3n) is 3.20. The molecule has 1 rings (SSSR count). The second-order valence-corrected chi connectivity index (χ2v) is 5.53. The normalized spacial score (nSPS) is 27.4. The highest BCUT2D eigenvalue weighted by molar-refractivity contribution is 7.99. The Hall–Kier alpha value is -0.630. The maximum Gasteiger partial charge on any atom is 0.400 e. The fourth-order valence-corrected chi connectivity index (χ4v) is 2.88. The topological polar surface area (TPSA) is 70.6 Å². The predicted molar refractivity (Wildman–Crippen MR) is 65.9 cm³/mol. The SMILES string of the molecule is CSC1CCC(NCC(C(N)=NO)C(F)(F)F)C1. The fraction of sp³-hybridized carbons (Fsp3) is 0.900. The quantitative estimate of drug-likeness (QED) is 0.312. The molecule has 1 aliphatic rings. The Balaban J connectivity index is 2.49. The van der Waals surface area contributed by atoms with Crippen LogP contribution < -0.4 is 11.1 Å². The van der Waals surface area contributed by atoms with E-state index in [-0.39, 0.29) is 12.6 Å². The molecule has 0 radical (unpaired) electrons. The Morgan fingerprint density at radius 1 is 1.56 bits per heavy atom. The number of oxime groups is 1. The molecule has 0 aromatic rings. The van der Waals surface area contributed by atoms with E-state index in [4.69, 9.17) is 10.9 Å². The van der Waals surface area contributed by atoms with Crippen molar-refractivity contribution in [2.24, 2.45) is 16.8 Å². The van der Waals surface area contributed by atoms with Crippen LogP contribution in [-0.2, 0) is 0 Å². The van der Waals surface area contributed by atoms with Crippen LogP contribution in [0.1, 0.15) is 19.3 Å². The van der Waals surface area contributed by atoms with Crippen LogP contribution in [0.5, 0.6) is 0 Å². The number of amidine groups is 1. The molecule has 0 spiro atoms. The van der Waals surface area contributed by atoms with E-state index in [1.807, 2.05) is 6.26 Å². The highest BCUT2D eigenvalue weighted by atomic mass is 32.2. The molecule has 0 bridgehead atoms. The smallest absolute Gasteiger partial charge is 0.400 e. The fourth-order valence-electron chi connectivity index (χ4n) is 2.08. The minimum atomic E-state index is -4.50. The molecule has 3 atom stereocenters. The van der Waals surface area contributed by atoms with Gasteiger partial charge in [-0.2, -0.15) is 24.9 Å². The number of hydrogen-bond donors (Lipinski definition) is 3. The zero-order chi connectivity index (χ0) is 13.8. The summed E-state index contributed by atoms with van der Waals surface area (Å²) in [6, 6.07) is 0.0822. The number of hydrogen-bond acceptors (Lipinski definition) is 4. The maximum atomic E-state index is 12.7. The zero-order valence-corrected chi connectivity index (χ0v) is 10.9. The van der Waals surface area contributed by atoms with Crippen LogP contribution in [0.2, 0.25) is 0 Å². The molecule has 0 heterocycles. The van der Waals surface area contributed by atoms with Crippen molar-refractivity contribution in [3.63, 3.8) is 0 Å². The molecule has 18 heavy (non-hydrogen) atoms. The van der Waals surface area contributed by atoms with Crippen LogP contribution in [0.25, 0.3) is 0 Å². The molecule has 0 aromatic carbocycles. The molecule has 1 aliphatic carbocycles. The summed E-state index contributed by atoms with van der Waals surface area (Å²) in [5.74, 6) is -2.73. The van der Waals surface area contributed by atoms with Gasteiger partial charge in [0.05, 0.1) is 0 Å². The van der Waals surface area contributed by atoms with Gasteiger partial charge in [-0.05, 0) is 25.5 Å². The monoisotopic (exact) mass is 285 g/mol. The second kappa shape index (κ2) is 6.51.